The van der Waals surface area contributed by atoms with Gasteiger partial charge >= 0.3 is 7.12 Å². The van der Waals surface area contributed by atoms with Gasteiger partial charge in [0.15, 0.2) is 0 Å². The van der Waals surface area contributed by atoms with Crippen LogP contribution in [0.2, 0.25) is 0 Å². The van der Waals surface area contributed by atoms with Crippen molar-refractivity contribution in [3.8, 4) is 11.3 Å². The van der Waals surface area contributed by atoms with Crippen LogP contribution in [0.1, 0.15) is 67.9 Å². The van der Waals surface area contributed by atoms with Crippen molar-refractivity contribution in [3.63, 3.8) is 0 Å². The van der Waals surface area contributed by atoms with E-state index in [9.17, 15) is 17.6 Å². The summed E-state index contributed by atoms with van der Waals surface area (Å²) in [5.74, 6) is -1.22. The summed E-state index contributed by atoms with van der Waals surface area (Å²) in [7, 11) is -3.22. The summed E-state index contributed by atoms with van der Waals surface area (Å²) in [5, 5.41) is 3.17. The van der Waals surface area contributed by atoms with E-state index in [1.807, 2.05) is 27.7 Å². The highest BCUT2D eigenvalue weighted by molar-refractivity contribution is 7.92. The van der Waals surface area contributed by atoms with E-state index in [1.165, 1.54) is 37.4 Å². The number of halogens is 2. The molecular weight excluding hydrogens is 601 g/mol. The van der Waals surface area contributed by atoms with E-state index in [4.69, 9.17) is 13.7 Å². The number of fused-ring (bicyclic) bond motifs is 1. The number of furan rings is 1. The molecule has 0 radical (unpaired) electrons. The van der Waals surface area contributed by atoms with Crippen LogP contribution in [0.3, 0.4) is 0 Å². The Balaban J connectivity index is 1.25. The summed E-state index contributed by atoms with van der Waals surface area (Å²) in [6.45, 7) is 7.56. The summed E-state index contributed by atoms with van der Waals surface area (Å²) in [4.78, 5) is 13.0. The van der Waals surface area contributed by atoms with E-state index in [0.29, 0.717) is 33.3 Å². The zero-order chi connectivity index (χ0) is 32.3. The quantitative estimate of drug-likeness (QED) is 0.222. The molecule has 1 aromatic heterocycles. The fourth-order valence-electron chi connectivity index (χ4n) is 5.49. The van der Waals surface area contributed by atoms with Gasteiger partial charge in [-0.05, 0) is 100 Å². The largest absolute Gasteiger partial charge is 0.497 e. The van der Waals surface area contributed by atoms with Crippen molar-refractivity contribution in [1.82, 2.24) is 5.32 Å². The third-order valence-electron chi connectivity index (χ3n) is 8.93. The average Bonchev–Trinajstić information content (AvgIpc) is 3.71. The number of nitrogens with one attached hydrogen (secondary N) is 2. The van der Waals surface area contributed by atoms with Gasteiger partial charge in [-0.2, -0.15) is 0 Å². The van der Waals surface area contributed by atoms with Gasteiger partial charge in [-0.1, -0.05) is 12.1 Å². The Bertz CT molecular complexity index is 1890. The molecule has 6 rings (SSSR count). The fourth-order valence-corrected chi connectivity index (χ4v) is 6.61. The summed E-state index contributed by atoms with van der Waals surface area (Å²) < 4.78 is 76.1. The minimum atomic E-state index is -3.86. The third-order valence-corrected chi connectivity index (χ3v) is 10.2. The summed E-state index contributed by atoms with van der Waals surface area (Å²) >= 11 is 0. The minimum Gasteiger partial charge on any atom is -0.455 e. The lowest BCUT2D eigenvalue weighted by molar-refractivity contribution is 0.00578. The van der Waals surface area contributed by atoms with E-state index in [0.717, 1.165) is 18.4 Å². The maximum absolute atomic E-state index is 15.1. The van der Waals surface area contributed by atoms with Gasteiger partial charge in [-0.15, -0.1) is 0 Å². The van der Waals surface area contributed by atoms with Crippen LogP contribution in [0.25, 0.3) is 22.3 Å². The number of sulfonamides is 1. The van der Waals surface area contributed by atoms with Gasteiger partial charge in [-0.3, -0.25) is 9.52 Å². The molecule has 12 heteroatoms. The van der Waals surface area contributed by atoms with E-state index in [2.05, 4.69) is 10.0 Å². The molecule has 8 nitrogen and oxygen atoms in total. The number of anilines is 1. The van der Waals surface area contributed by atoms with Gasteiger partial charge in [0.2, 0.25) is 10.0 Å². The monoisotopic (exact) mass is 636 g/mol. The molecular formula is C33H35BF2N2O6S. The molecule has 0 unspecified atom stereocenters. The standard InChI is InChI=1S/C33H35BF2N2O6S/c1-32(2)33(3,4)44-34(43-32)25-13-6-19(16-26(25)36)14-15-45(40,41)38-27-18-28-24(17-23(27)20-7-8-20)29(31(39)37-5)30(42-28)21-9-11-22(35)12-10-21/h6,9-13,16-18,20,38H,7-8,14-15H2,1-5H3,(H,37,39). The molecule has 0 atom stereocenters. The summed E-state index contributed by atoms with van der Waals surface area (Å²) in [5.41, 5.74) is 1.79. The lowest BCUT2D eigenvalue weighted by Crippen LogP contribution is -2.41. The van der Waals surface area contributed by atoms with E-state index < -0.39 is 40.0 Å². The molecule has 2 fully saturated rings. The zero-order valence-corrected chi connectivity index (χ0v) is 26.6. The molecule has 2 N–H and O–H groups in total. The fraction of sp³-hybridized carbons (Fsp3) is 0.364. The first-order valence-electron chi connectivity index (χ1n) is 14.9. The van der Waals surface area contributed by atoms with Crippen molar-refractivity contribution < 1.29 is 35.7 Å². The number of hydrogen-bond donors (Lipinski definition) is 2. The highest BCUT2D eigenvalue weighted by Gasteiger charge is 2.52. The lowest BCUT2D eigenvalue weighted by atomic mass is 9.78. The second-order valence-electron chi connectivity index (χ2n) is 12.7. The minimum absolute atomic E-state index is 0.0766. The molecule has 0 bridgehead atoms. The Morgan fingerprint density at radius 1 is 0.978 bits per heavy atom. The molecule has 4 aromatic rings. The predicted molar refractivity (Wildman–Crippen MR) is 170 cm³/mol. The number of amides is 1. The van der Waals surface area contributed by atoms with Crippen LogP contribution < -0.4 is 15.5 Å². The van der Waals surface area contributed by atoms with Crippen molar-refractivity contribution in [2.24, 2.45) is 0 Å². The molecule has 1 aliphatic carbocycles. The lowest BCUT2D eigenvalue weighted by Gasteiger charge is -2.32. The van der Waals surface area contributed by atoms with E-state index >= 15 is 4.39 Å². The number of aryl methyl sites for hydroxylation is 1. The van der Waals surface area contributed by atoms with Crippen LogP contribution in [0, 0.1) is 11.6 Å². The number of hydrogen-bond acceptors (Lipinski definition) is 6. The van der Waals surface area contributed by atoms with Gasteiger partial charge in [0, 0.05) is 29.5 Å². The molecule has 1 saturated heterocycles. The van der Waals surface area contributed by atoms with Crippen LogP contribution in [-0.2, 0) is 25.8 Å². The molecule has 2 heterocycles. The van der Waals surface area contributed by atoms with E-state index in [-0.39, 0.29) is 35.2 Å². The molecule has 0 spiro atoms. The van der Waals surface area contributed by atoms with Gasteiger partial charge in [0.1, 0.15) is 23.0 Å². The van der Waals surface area contributed by atoms with Crippen molar-refractivity contribution in [2.75, 3.05) is 17.5 Å². The summed E-state index contributed by atoms with van der Waals surface area (Å²) in [6.07, 6.45) is 1.84. The smallest absolute Gasteiger partial charge is 0.455 e. The SMILES string of the molecule is CNC(=O)c1c(-c2ccc(F)cc2)oc2cc(NS(=O)(=O)CCc3ccc(B4OC(C)(C)C(C)(C)O4)c(F)c3)c(C3CC3)cc12. The highest BCUT2D eigenvalue weighted by Crippen LogP contribution is 2.47. The normalized spacial score (nSPS) is 17.5. The van der Waals surface area contributed by atoms with Gasteiger partial charge < -0.3 is 19.0 Å². The Morgan fingerprint density at radius 2 is 1.64 bits per heavy atom. The Kier molecular flexibility index (Phi) is 7.82. The first-order chi connectivity index (χ1) is 21.2. The first-order valence-corrected chi connectivity index (χ1v) is 16.6. The second-order valence-corrected chi connectivity index (χ2v) is 14.6. The maximum Gasteiger partial charge on any atom is 0.497 e. The maximum atomic E-state index is 15.1. The van der Waals surface area contributed by atoms with Crippen LogP contribution in [0.5, 0.6) is 0 Å². The Hall–Kier alpha value is -3.74. The van der Waals surface area contributed by atoms with Crippen molar-refractivity contribution in [1.29, 1.82) is 0 Å². The average molecular weight is 637 g/mol. The van der Waals surface area contributed by atoms with Gasteiger partial charge in [-0.25, -0.2) is 17.2 Å². The van der Waals surface area contributed by atoms with Crippen LogP contribution in [0.15, 0.2) is 59.0 Å². The molecule has 236 valence electrons. The van der Waals surface area contributed by atoms with Crippen molar-refractivity contribution in [2.45, 2.75) is 64.1 Å². The Morgan fingerprint density at radius 3 is 2.24 bits per heavy atom. The number of rotatable bonds is 9. The third kappa shape index (κ3) is 6.11. The first kappa shape index (κ1) is 31.3. The van der Waals surface area contributed by atoms with Crippen LogP contribution in [0.4, 0.5) is 14.5 Å². The molecule has 3 aromatic carbocycles. The topological polar surface area (TPSA) is 107 Å². The zero-order valence-electron chi connectivity index (χ0n) is 25.8. The number of carbonyl (C=O) groups excluding carboxylic acids is 1. The van der Waals surface area contributed by atoms with Gasteiger partial charge in [0.05, 0.1) is 28.2 Å². The highest BCUT2D eigenvalue weighted by atomic mass is 32.2. The Labute approximate surface area is 261 Å². The molecule has 45 heavy (non-hydrogen) atoms. The molecule has 2 aliphatic rings. The molecule has 1 aliphatic heterocycles. The molecule has 1 saturated carbocycles. The molecule has 1 amide bonds. The van der Waals surface area contributed by atoms with Gasteiger partial charge in [0.25, 0.3) is 5.91 Å². The van der Waals surface area contributed by atoms with Crippen molar-refractivity contribution in [3.05, 3.63) is 82.9 Å². The van der Waals surface area contributed by atoms with Crippen molar-refractivity contribution >= 4 is 45.2 Å². The number of carbonyl (C=O) groups is 1. The number of benzene rings is 3. The van der Waals surface area contributed by atoms with Crippen LogP contribution >= 0.6 is 0 Å². The van der Waals surface area contributed by atoms with Crippen LogP contribution in [-0.4, -0.2) is 45.4 Å². The summed E-state index contributed by atoms with van der Waals surface area (Å²) in [6, 6.07) is 13.6. The second kappa shape index (κ2) is 11.3. The predicted octanol–water partition coefficient (Wildman–Crippen LogP) is 5.90. The van der Waals surface area contributed by atoms with E-state index in [1.54, 1.807) is 24.3 Å².